The number of rotatable bonds is 7. The van der Waals surface area contributed by atoms with E-state index in [9.17, 15) is 9.59 Å². The van der Waals surface area contributed by atoms with Crippen molar-refractivity contribution in [2.75, 3.05) is 20.3 Å². The lowest BCUT2D eigenvalue weighted by Gasteiger charge is -2.23. The molecule has 0 saturated heterocycles. The van der Waals surface area contributed by atoms with Gasteiger partial charge in [-0.3, -0.25) is 9.36 Å². The topological polar surface area (TPSA) is 79.1 Å². The van der Waals surface area contributed by atoms with Crippen molar-refractivity contribution >= 4 is 23.4 Å². The van der Waals surface area contributed by atoms with E-state index in [2.05, 4.69) is 37.9 Å². The number of hydrogen-bond donors (Lipinski definition) is 0. The minimum Gasteiger partial charge on any atom is -0.490 e. The molecule has 0 spiro atoms. The van der Waals surface area contributed by atoms with Crippen LogP contribution in [0.4, 0.5) is 0 Å². The molecule has 2 heterocycles. The van der Waals surface area contributed by atoms with Gasteiger partial charge in [-0.25, -0.2) is 9.79 Å². The Morgan fingerprint density at radius 1 is 1.05 bits per heavy atom. The molecule has 1 aliphatic rings. The van der Waals surface area contributed by atoms with Gasteiger partial charge < -0.3 is 14.2 Å². The maximum absolute atomic E-state index is 13.7. The highest BCUT2D eigenvalue weighted by atomic mass is 32.1. The summed E-state index contributed by atoms with van der Waals surface area (Å²) in [4.78, 5) is 31.4. The predicted molar refractivity (Wildman–Crippen MR) is 145 cm³/mol. The van der Waals surface area contributed by atoms with E-state index in [0.29, 0.717) is 39.6 Å². The fourth-order valence-electron chi connectivity index (χ4n) is 4.22. The normalized spacial score (nSPS) is 15.5. The van der Waals surface area contributed by atoms with E-state index >= 15 is 0 Å². The third kappa shape index (κ3) is 5.39. The zero-order valence-corrected chi connectivity index (χ0v) is 22.8. The molecular formula is C29H32N2O5S. The van der Waals surface area contributed by atoms with Crippen LogP contribution in [0.5, 0.6) is 11.5 Å². The average molecular weight is 521 g/mol. The highest BCUT2D eigenvalue weighted by Crippen LogP contribution is 2.35. The van der Waals surface area contributed by atoms with Crippen LogP contribution in [-0.2, 0) is 14.9 Å². The SMILES string of the molecule is CCOc1ccc([C@H]2C(C(=O)OC)=CN=c3s/c(=C\c4ccc(C(C)(C)C)cc4)c(=O)n32)cc1OCC. The lowest BCUT2D eigenvalue weighted by atomic mass is 9.87. The Morgan fingerprint density at radius 3 is 2.35 bits per heavy atom. The molecule has 1 aromatic heterocycles. The Balaban J connectivity index is 1.86. The second-order valence-electron chi connectivity index (χ2n) is 9.62. The van der Waals surface area contributed by atoms with Crippen LogP contribution in [0.15, 0.2) is 64.0 Å². The predicted octanol–water partition coefficient (Wildman–Crippen LogP) is 4.11. The van der Waals surface area contributed by atoms with Gasteiger partial charge in [0, 0.05) is 6.20 Å². The van der Waals surface area contributed by atoms with Crippen LogP contribution >= 0.6 is 11.3 Å². The van der Waals surface area contributed by atoms with Gasteiger partial charge in [-0.05, 0) is 54.2 Å². The van der Waals surface area contributed by atoms with Crippen molar-refractivity contribution in [2.45, 2.75) is 46.1 Å². The van der Waals surface area contributed by atoms with Gasteiger partial charge >= 0.3 is 5.97 Å². The fraction of sp³-hybridized carbons (Fsp3) is 0.345. The van der Waals surface area contributed by atoms with Gasteiger partial charge in [0.2, 0.25) is 0 Å². The molecule has 0 unspecified atom stereocenters. The largest absolute Gasteiger partial charge is 0.490 e. The molecule has 0 saturated carbocycles. The summed E-state index contributed by atoms with van der Waals surface area (Å²) in [6.45, 7) is 11.2. The molecular weight excluding hydrogens is 488 g/mol. The third-order valence-electron chi connectivity index (χ3n) is 6.08. The zero-order valence-electron chi connectivity index (χ0n) is 22.0. The Hall–Kier alpha value is -3.65. The number of aromatic nitrogens is 1. The van der Waals surface area contributed by atoms with Crippen molar-refractivity contribution in [3.63, 3.8) is 0 Å². The smallest absolute Gasteiger partial charge is 0.337 e. The number of ether oxygens (including phenoxy) is 3. The monoisotopic (exact) mass is 520 g/mol. The maximum Gasteiger partial charge on any atom is 0.337 e. The van der Waals surface area contributed by atoms with Crippen LogP contribution in [0, 0.1) is 0 Å². The summed E-state index contributed by atoms with van der Waals surface area (Å²) in [5.41, 5.74) is 2.91. The van der Waals surface area contributed by atoms with Crippen molar-refractivity contribution in [3.8, 4) is 11.5 Å². The highest BCUT2D eigenvalue weighted by molar-refractivity contribution is 7.07. The van der Waals surface area contributed by atoms with Gasteiger partial charge in [0.15, 0.2) is 16.3 Å². The van der Waals surface area contributed by atoms with E-state index in [-0.39, 0.29) is 16.5 Å². The fourth-order valence-corrected chi connectivity index (χ4v) is 5.19. The van der Waals surface area contributed by atoms with Gasteiger partial charge in [-0.1, -0.05) is 62.4 Å². The first-order chi connectivity index (χ1) is 17.7. The van der Waals surface area contributed by atoms with E-state index in [1.807, 2.05) is 44.2 Å². The Morgan fingerprint density at radius 2 is 1.73 bits per heavy atom. The molecule has 0 radical (unpaired) electrons. The highest BCUT2D eigenvalue weighted by Gasteiger charge is 2.31. The first-order valence-electron chi connectivity index (χ1n) is 12.3. The van der Waals surface area contributed by atoms with Crippen LogP contribution in [0.25, 0.3) is 6.08 Å². The van der Waals surface area contributed by atoms with Gasteiger partial charge in [0.1, 0.15) is 0 Å². The number of fused-ring (bicyclic) bond motifs is 1. The Kier molecular flexibility index (Phi) is 7.68. The van der Waals surface area contributed by atoms with Crippen LogP contribution in [0.1, 0.15) is 57.4 Å². The molecule has 4 rings (SSSR count). The number of carbonyl (C=O) groups excluding carboxylic acids is 1. The second-order valence-corrected chi connectivity index (χ2v) is 10.6. The summed E-state index contributed by atoms with van der Waals surface area (Å²) in [6.07, 6.45) is 3.35. The van der Waals surface area contributed by atoms with Crippen LogP contribution in [0.2, 0.25) is 0 Å². The molecule has 0 fully saturated rings. The average Bonchev–Trinajstić information content (AvgIpc) is 3.19. The molecule has 0 amide bonds. The van der Waals surface area contributed by atoms with Gasteiger partial charge in [0.05, 0.1) is 36.5 Å². The Labute approximate surface area is 220 Å². The van der Waals surface area contributed by atoms with Crippen molar-refractivity contribution in [3.05, 3.63) is 90.6 Å². The zero-order chi connectivity index (χ0) is 26.7. The molecule has 3 aromatic rings. The van der Waals surface area contributed by atoms with Crippen molar-refractivity contribution in [1.82, 2.24) is 4.57 Å². The summed E-state index contributed by atoms with van der Waals surface area (Å²) in [7, 11) is 1.32. The summed E-state index contributed by atoms with van der Waals surface area (Å²) in [6, 6.07) is 12.9. The van der Waals surface area contributed by atoms with E-state index in [0.717, 1.165) is 5.56 Å². The van der Waals surface area contributed by atoms with Gasteiger partial charge in [0.25, 0.3) is 5.56 Å². The molecule has 1 aliphatic heterocycles. The van der Waals surface area contributed by atoms with Crippen LogP contribution in [-0.4, -0.2) is 30.9 Å². The number of carbonyl (C=O) groups is 1. The summed E-state index contributed by atoms with van der Waals surface area (Å²) in [5, 5.41) is 0. The van der Waals surface area contributed by atoms with Crippen LogP contribution in [0.3, 0.4) is 0 Å². The Bertz CT molecular complexity index is 1510. The minimum absolute atomic E-state index is 0.0419. The lowest BCUT2D eigenvalue weighted by Crippen LogP contribution is -2.39. The summed E-state index contributed by atoms with van der Waals surface area (Å²) < 4.78 is 18.6. The van der Waals surface area contributed by atoms with Gasteiger partial charge in [-0.2, -0.15) is 0 Å². The van der Waals surface area contributed by atoms with E-state index < -0.39 is 12.0 Å². The molecule has 1 atom stereocenters. The second kappa shape index (κ2) is 10.8. The summed E-state index contributed by atoms with van der Waals surface area (Å²) in [5.74, 6) is 0.597. The third-order valence-corrected chi connectivity index (χ3v) is 7.08. The van der Waals surface area contributed by atoms with Crippen molar-refractivity contribution in [2.24, 2.45) is 4.99 Å². The van der Waals surface area contributed by atoms with E-state index in [4.69, 9.17) is 14.2 Å². The number of nitrogens with zero attached hydrogens (tertiary/aromatic N) is 2. The van der Waals surface area contributed by atoms with E-state index in [1.165, 1.54) is 30.2 Å². The first kappa shape index (κ1) is 26.4. The molecule has 194 valence electrons. The molecule has 7 nitrogen and oxygen atoms in total. The molecule has 0 aliphatic carbocycles. The molecule has 37 heavy (non-hydrogen) atoms. The molecule has 0 bridgehead atoms. The maximum atomic E-state index is 13.7. The standard InChI is InChI=1S/C29H32N2O5S/c1-7-35-22-14-11-19(16-23(22)36-8-2)25-21(27(33)34-6)17-30-28-31(25)26(32)24(37-28)15-18-9-12-20(13-10-18)29(3,4)5/h9-17,25H,7-8H2,1-6H3/b24-15-/t25-/m0/s1. The first-order valence-corrected chi connectivity index (χ1v) is 13.1. The van der Waals surface area contributed by atoms with Crippen molar-refractivity contribution in [1.29, 1.82) is 0 Å². The number of thiazole rings is 1. The van der Waals surface area contributed by atoms with Crippen molar-refractivity contribution < 1.29 is 19.0 Å². The van der Waals surface area contributed by atoms with Gasteiger partial charge in [-0.15, -0.1) is 0 Å². The quantitative estimate of drug-likeness (QED) is 0.438. The number of esters is 1. The van der Waals surface area contributed by atoms with Crippen LogP contribution < -0.4 is 24.4 Å². The molecule has 2 aromatic carbocycles. The molecule has 8 heteroatoms. The van der Waals surface area contributed by atoms with E-state index in [1.54, 1.807) is 10.6 Å². The minimum atomic E-state index is -0.719. The number of methoxy groups -OCH3 is 1. The lowest BCUT2D eigenvalue weighted by molar-refractivity contribution is -0.136. The molecule has 0 N–H and O–H groups in total. The number of benzene rings is 2. The number of hydrogen-bond acceptors (Lipinski definition) is 7. The summed E-state index contributed by atoms with van der Waals surface area (Å²) >= 11 is 1.29.